The van der Waals surface area contributed by atoms with Crippen LogP contribution in [0.15, 0.2) is 85.1 Å². The number of ether oxygens (including phenoxy) is 1. The van der Waals surface area contributed by atoms with Crippen molar-refractivity contribution >= 4 is 10.9 Å². The Morgan fingerprint density at radius 1 is 0.933 bits per heavy atom. The molecular weight excluding hydrogens is 372 g/mol. The van der Waals surface area contributed by atoms with Crippen LogP contribution in [0, 0.1) is 0 Å². The summed E-state index contributed by atoms with van der Waals surface area (Å²) in [4.78, 5) is 0. The summed E-state index contributed by atoms with van der Waals surface area (Å²) in [6.07, 6.45) is 2.73. The molecule has 2 aromatic heterocycles. The van der Waals surface area contributed by atoms with E-state index in [2.05, 4.69) is 52.6 Å². The first-order valence-electron chi connectivity index (χ1n) is 10.1. The minimum atomic E-state index is 0.534. The molecule has 0 radical (unpaired) electrons. The quantitative estimate of drug-likeness (QED) is 0.410. The van der Waals surface area contributed by atoms with Crippen molar-refractivity contribution in [1.29, 1.82) is 0 Å². The lowest BCUT2D eigenvalue weighted by Gasteiger charge is -2.11. The van der Waals surface area contributed by atoms with Crippen LogP contribution in [0.4, 0.5) is 0 Å². The maximum Gasteiger partial charge on any atom is 0.121 e. The van der Waals surface area contributed by atoms with Crippen LogP contribution in [0.25, 0.3) is 27.8 Å². The van der Waals surface area contributed by atoms with Crippen LogP contribution in [0.2, 0.25) is 0 Å². The van der Waals surface area contributed by atoms with Crippen LogP contribution in [-0.4, -0.2) is 20.0 Å². The second-order valence-electron chi connectivity index (χ2n) is 7.18. The third kappa shape index (κ3) is 3.46. The highest BCUT2D eigenvalue weighted by atomic mass is 16.5. The van der Waals surface area contributed by atoms with Crippen molar-refractivity contribution in [3.05, 3.63) is 96.3 Å². The molecule has 5 nitrogen and oxygen atoms in total. The lowest BCUT2D eigenvalue weighted by Crippen LogP contribution is -2.00. The Labute approximate surface area is 174 Å². The number of aromatic nitrogens is 4. The average molecular weight is 394 g/mol. The zero-order valence-electron chi connectivity index (χ0n) is 16.7. The number of nitrogens with one attached hydrogen (secondary N) is 1. The molecule has 5 rings (SSSR count). The molecule has 0 amide bonds. The molecule has 0 atom stereocenters. The molecule has 0 aliphatic carbocycles. The van der Waals surface area contributed by atoms with E-state index in [1.165, 1.54) is 5.39 Å². The zero-order chi connectivity index (χ0) is 20.3. The van der Waals surface area contributed by atoms with Gasteiger partial charge in [0, 0.05) is 17.0 Å². The summed E-state index contributed by atoms with van der Waals surface area (Å²) < 4.78 is 7.93. The number of rotatable bonds is 6. The van der Waals surface area contributed by atoms with E-state index in [1.807, 2.05) is 59.4 Å². The Morgan fingerprint density at radius 2 is 1.83 bits per heavy atom. The molecule has 0 aliphatic rings. The molecular formula is C25H22N4O. The Morgan fingerprint density at radius 3 is 2.70 bits per heavy atom. The monoisotopic (exact) mass is 394 g/mol. The summed E-state index contributed by atoms with van der Waals surface area (Å²) in [5, 5.41) is 13.3. The molecule has 0 fully saturated rings. The van der Waals surface area contributed by atoms with Gasteiger partial charge in [0.05, 0.1) is 28.8 Å². The van der Waals surface area contributed by atoms with Crippen molar-refractivity contribution in [3.63, 3.8) is 0 Å². The fourth-order valence-electron chi connectivity index (χ4n) is 3.68. The number of aromatic amines is 1. The molecule has 0 saturated heterocycles. The first-order valence-corrected chi connectivity index (χ1v) is 10.1. The third-order valence-electron chi connectivity index (χ3n) is 5.23. The van der Waals surface area contributed by atoms with Gasteiger partial charge in [-0.2, -0.15) is 10.2 Å². The minimum absolute atomic E-state index is 0.534. The van der Waals surface area contributed by atoms with E-state index in [-0.39, 0.29) is 0 Å². The molecule has 0 aliphatic heterocycles. The van der Waals surface area contributed by atoms with Crippen molar-refractivity contribution in [2.24, 2.45) is 0 Å². The fourth-order valence-corrected chi connectivity index (χ4v) is 3.68. The Hall–Kier alpha value is -3.86. The third-order valence-corrected chi connectivity index (χ3v) is 5.23. The summed E-state index contributed by atoms with van der Waals surface area (Å²) in [6, 6.07) is 26.6. The van der Waals surface area contributed by atoms with Crippen molar-refractivity contribution < 1.29 is 4.74 Å². The van der Waals surface area contributed by atoms with E-state index in [1.54, 1.807) is 0 Å². The summed E-state index contributed by atoms with van der Waals surface area (Å²) in [6.45, 7) is 2.65. The molecule has 5 heteroatoms. The predicted octanol–water partition coefficient (Wildman–Crippen LogP) is 5.56. The largest absolute Gasteiger partial charge is 0.489 e. The van der Waals surface area contributed by atoms with Gasteiger partial charge in [-0.05, 0) is 36.2 Å². The first-order chi connectivity index (χ1) is 14.8. The molecule has 3 aromatic carbocycles. The molecule has 1 N–H and O–H groups in total. The van der Waals surface area contributed by atoms with Gasteiger partial charge in [-0.1, -0.05) is 55.5 Å². The number of aryl methyl sites for hydroxylation is 1. The highest BCUT2D eigenvalue weighted by molar-refractivity contribution is 5.86. The first kappa shape index (κ1) is 18.2. The van der Waals surface area contributed by atoms with Crippen LogP contribution in [0.1, 0.15) is 18.2 Å². The topological polar surface area (TPSA) is 55.7 Å². The fraction of sp³-hybridized carbons (Fsp3) is 0.120. The average Bonchev–Trinajstić information content (AvgIpc) is 3.45. The van der Waals surface area contributed by atoms with Gasteiger partial charge in [0.1, 0.15) is 12.4 Å². The Balaban J connectivity index is 1.44. The molecule has 0 bridgehead atoms. The van der Waals surface area contributed by atoms with Gasteiger partial charge < -0.3 is 4.74 Å². The highest BCUT2D eigenvalue weighted by Crippen LogP contribution is 2.28. The highest BCUT2D eigenvalue weighted by Gasteiger charge is 2.11. The van der Waals surface area contributed by atoms with E-state index < -0.39 is 0 Å². The molecule has 30 heavy (non-hydrogen) atoms. The number of H-pyrrole nitrogens is 1. The second-order valence-corrected chi connectivity index (χ2v) is 7.18. The lowest BCUT2D eigenvalue weighted by atomic mass is 10.1. The van der Waals surface area contributed by atoms with Gasteiger partial charge in [-0.3, -0.25) is 5.10 Å². The van der Waals surface area contributed by atoms with E-state index in [0.717, 1.165) is 45.9 Å². The van der Waals surface area contributed by atoms with E-state index in [0.29, 0.717) is 6.61 Å². The van der Waals surface area contributed by atoms with E-state index in [4.69, 9.17) is 4.74 Å². The number of nitrogens with zero attached hydrogens (tertiary/aromatic N) is 3. The smallest absolute Gasteiger partial charge is 0.121 e. The molecule has 0 unspecified atom stereocenters. The van der Waals surface area contributed by atoms with Gasteiger partial charge in [0.15, 0.2) is 0 Å². The molecule has 0 spiro atoms. The van der Waals surface area contributed by atoms with E-state index in [9.17, 15) is 0 Å². The minimum Gasteiger partial charge on any atom is -0.489 e. The molecule has 0 saturated carbocycles. The van der Waals surface area contributed by atoms with Gasteiger partial charge in [-0.15, -0.1) is 0 Å². The number of hydrogen-bond acceptors (Lipinski definition) is 3. The van der Waals surface area contributed by atoms with Gasteiger partial charge in [0.2, 0.25) is 0 Å². The van der Waals surface area contributed by atoms with Crippen molar-refractivity contribution in [2.45, 2.75) is 20.0 Å². The summed E-state index contributed by atoms with van der Waals surface area (Å²) >= 11 is 0. The number of fused-ring (bicyclic) bond motifs is 1. The van der Waals surface area contributed by atoms with Crippen molar-refractivity contribution in [2.75, 3.05) is 0 Å². The van der Waals surface area contributed by atoms with Crippen LogP contribution in [-0.2, 0) is 13.0 Å². The van der Waals surface area contributed by atoms with Crippen LogP contribution >= 0.6 is 0 Å². The Kier molecular flexibility index (Phi) is 4.77. The van der Waals surface area contributed by atoms with Crippen molar-refractivity contribution in [1.82, 2.24) is 20.0 Å². The van der Waals surface area contributed by atoms with Crippen LogP contribution < -0.4 is 4.74 Å². The van der Waals surface area contributed by atoms with Gasteiger partial charge in [-0.25, -0.2) is 4.68 Å². The molecule has 148 valence electrons. The van der Waals surface area contributed by atoms with Gasteiger partial charge >= 0.3 is 0 Å². The van der Waals surface area contributed by atoms with E-state index >= 15 is 0 Å². The predicted molar refractivity (Wildman–Crippen MR) is 119 cm³/mol. The molecule has 2 heterocycles. The molecule has 5 aromatic rings. The maximum atomic E-state index is 5.99. The summed E-state index contributed by atoms with van der Waals surface area (Å²) in [5.41, 5.74) is 6.33. The summed E-state index contributed by atoms with van der Waals surface area (Å²) in [5.74, 6) is 0.814. The van der Waals surface area contributed by atoms with Crippen LogP contribution in [0.3, 0.4) is 0 Å². The maximum absolute atomic E-state index is 5.99. The van der Waals surface area contributed by atoms with Gasteiger partial charge in [0.25, 0.3) is 0 Å². The lowest BCUT2D eigenvalue weighted by molar-refractivity contribution is 0.306. The second kappa shape index (κ2) is 7.87. The zero-order valence-corrected chi connectivity index (χ0v) is 16.7. The Bertz CT molecular complexity index is 1290. The normalized spacial score (nSPS) is 11.1. The number of benzene rings is 3. The van der Waals surface area contributed by atoms with Crippen molar-refractivity contribution in [3.8, 4) is 22.7 Å². The summed E-state index contributed by atoms with van der Waals surface area (Å²) in [7, 11) is 0. The number of hydrogen-bond donors (Lipinski definition) is 1. The van der Waals surface area contributed by atoms with Crippen LogP contribution in [0.5, 0.6) is 5.75 Å². The standard InChI is InChI=1S/C25H22N4O/c1-2-23-22-12-11-19(15-24(22)28-27-23)25-13-14-26-29(25)20-9-6-10-21(16-20)30-17-18-7-4-3-5-8-18/h3-16H,2,17H2,1H3,(H,27,28). The SMILES string of the molecule is CCc1n[nH]c2cc(-c3ccnn3-c3cccc(OCc4ccccc4)c3)ccc12.